The van der Waals surface area contributed by atoms with Crippen LogP contribution in [-0.2, 0) is 6.54 Å². The van der Waals surface area contributed by atoms with Crippen LogP contribution >= 0.6 is 15.9 Å². The molecule has 0 aliphatic rings. The quantitative estimate of drug-likeness (QED) is 0.615. The van der Waals surface area contributed by atoms with Crippen molar-refractivity contribution in [1.29, 1.82) is 0 Å². The number of alkyl halides is 1. The highest BCUT2D eigenvalue weighted by molar-refractivity contribution is 9.09. The van der Waals surface area contributed by atoms with Crippen molar-refractivity contribution >= 4 is 15.9 Å². The minimum Gasteiger partial charge on any atom is -0.497 e. The summed E-state index contributed by atoms with van der Waals surface area (Å²) in [5.41, 5.74) is 0.680. The van der Waals surface area contributed by atoms with E-state index in [2.05, 4.69) is 21.2 Å². The van der Waals surface area contributed by atoms with Crippen molar-refractivity contribution in [1.82, 2.24) is 5.32 Å². The van der Waals surface area contributed by atoms with Crippen LogP contribution in [0.5, 0.6) is 5.75 Å². The maximum atomic E-state index is 13.5. The molecule has 1 aromatic carbocycles. The van der Waals surface area contributed by atoms with E-state index < -0.39 is 0 Å². The molecule has 0 fully saturated rings. The molecule has 4 heteroatoms. The second-order valence-electron chi connectivity index (χ2n) is 3.53. The second kappa shape index (κ2) is 7.63. The lowest BCUT2D eigenvalue weighted by Gasteiger charge is -2.07. The van der Waals surface area contributed by atoms with Crippen molar-refractivity contribution in [3.8, 4) is 5.75 Å². The fourth-order valence-corrected chi connectivity index (χ4v) is 1.76. The molecule has 0 aliphatic heterocycles. The molecular weight excluding hydrogens is 273 g/mol. The zero-order chi connectivity index (χ0) is 11.8. The first-order valence-corrected chi connectivity index (χ1v) is 6.49. The van der Waals surface area contributed by atoms with Gasteiger partial charge in [0.15, 0.2) is 0 Å². The Kier molecular flexibility index (Phi) is 6.42. The first-order chi connectivity index (χ1) is 7.77. The largest absolute Gasteiger partial charge is 0.497 e. The highest BCUT2D eigenvalue weighted by Gasteiger charge is 2.02. The number of methoxy groups -OCH3 is 1. The number of unbranched alkanes of at least 4 members (excludes halogenated alkanes) is 1. The van der Waals surface area contributed by atoms with Crippen LogP contribution < -0.4 is 10.1 Å². The third-order valence-corrected chi connectivity index (χ3v) is 2.87. The second-order valence-corrected chi connectivity index (χ2v) is 4.32. The normalized spacial score (nSPS) is 10.4. The van der Waals surface area contributed by atoms with Crippen molar-refractivity contribution in [2.24, 2.45) is 0 Å². The Labute approximate surface area is 104 Å². The van der Waals surface area contributed by atoms with Gasteiger partial charge in [-0.3, -0.25) is 0 Å². The molecule has 90 valence electrons. The van der Waals surface area contributed by atoms with Crippen LogP contribution in [0.1, 0.15) is 18.4 Å². The molecule has 2 nitrogen and oxygen atoms in total. The molecule has 0 spiro atoms. The zero-order valence-electron chi connectivity index (χ0n) is 9.43. The minimum absolute atomic E-state index is 0.215. The molecule has 0 bridgehead atoms. The van der Waals surface area contributed by atoms with E-state index in [9.17, 15) is 4.39 Å². The fourth-order valence-electron chi connectivity index (χ4n) is 1.37. The Balaban J connectivity index is 2.36. The minimum atomic E-state index is -0.215. The predicted molar refractivity (Wildman–Crippen MR) is 67.7 cm³/mol. The van der Waals surface area contributed by atoms with Crippen LogP contribution in [0.3, 0.4) is 0 Å². The number of benzene rings is 1. The summed E-state index contributed by atoms with van der Waals surface area (Å²) in [7, 11) is 1.53. The van der Waals surface area contributed by atoms with Crippen molar-refractivity contribution < 1.29 is 9.13 Å². The van der Waals surface area contributed by atoms with Gasteiger partial charge in [-0.05, 0) is 25.5 Å². The average Bonchev–Trinajstić information content (AvgIpc) is 2.30. The van der Waals surface area contributed by atoms with E-state index >= 15 is 0 Å². The Morgan fingerprint density at radius 1 is 1.38 bits per heavy atom. The lowest BCUT2D eigenvalue weighted by molar-refractivity contribution is 0.410. The fraction of sp³-hybridized carbons (Fsp3) is 0.500. The van der Waals surface area contributed by atoms with E-state index in [1.807, 2.05) is 0 Å². The highest BCUT2D eigenvalue weighted by atomic mass is 79.9. The summed E-state index contributed by atoms with van der Waals surface area (Å²) in [6.45, 7) is 1.48. The van der Waals surface area contributed by atoms with Gasteiger partial charge in [0.2, 0.25) is 0 Å². The van der Waals surface area contributed by atoms with E-state index in [0.717, 1.165) is 24.7 Å². The van der Waals surface area contributed by atoms with Gasteiger partial charge in [-0.25, -0.2) is 4.39 Å². The maximum Gasteiger partial charge on any atom is 0.131 e. The number of nitrogens with one attached hydrogen (secondary N) is 1. The summed E-state index contributed by atoms with van der Waals surface area (Å²) >= 11 is 3.37. The van der Waals surface area contributed by atoms with Gasteiger partial charge in [-0.15, -0.1) is 0 Å². The Morgan fingerprint density at radius 2 is 2.19 bits per heavy atom. The summed E-state index contributed by atoms with van der Waals surface area (Å²) in [4.78, 5) is 0. The lowest BCUT2D eigenvalue weighted by Crippen LogP contribution is -2.15. The lowest BCUT2D eigenvalue weighted by atomic mass is 10.2. The summed E-state index contributed by atoms with van der Waals surface area (Å²) in [6.07, 6.45) is 2.24. The smallest absolute Gasteiger partial charge is 0.131 e. The Morgan fingerprint density at radius 3 is 2.81 bits per heavy atom. The number of rotatable bonds is 7. The summed E-state index contributed by atoms with van der Waals surface area (Å²) in [6, 6.07) is 4.94. The molecule has 0 heterocycles. The van der Waals surface area contributed by atoms with Crippen LogP contribution in [0.15, 0.2) is 18.2 Å². The first-order valence-electron chi connectivity index (χ1n) is 5.37. The molecule has 0 saturated heterocycles. The van der Waals surface area contributed by atoms with Gasteiger partial charge in [-0.2, -0.15) is 0 Å². The van der Waals surface area contributed by atoms with Crippen molar-refractivity contribution in [2.75, 3.05) is 19.0 Å². The number of ether oxygens (including phenoxy) is 1. The van der Waals surface area contributed by atoms with E-state index in [0.29, 0.717) is 17.9 Å². The first kappa shape index (κ1) is 13.5. The topological polar surface area (TPSA) is 21.3 Å². The van der Waals surface area contributed by atoms with Gasteiger partial charge in [0.05, 0.1) is 7.11 Å². The summed E-state index contributed by atoms with van der Waals surface area (Å²) < 4.78 is 18.4. The molecule has 1 aromatic rings. The number of hydrogen-bond donors (Lipinski definition) is 1. The molecule has 0 saturated carbocycles. The zero-order valence-corrected chi connectivity index (χ0v) is 11.0. The third kappa shape index (κ3) is 4.49. The highest BCUT2D eigenvalue weighted by Crippen LogP contribution is 2.15. The van der Waals surface area contributed by atoms with Gasteiger partial charge in [0.25, 0.3) is 0 Å². The molecule has 0 aliphatic carbocycles. The monoisotopic (exact) mass is 289 g/mol. The van der Waals surface area contributed by atoms with Crippen molar-refractivity contribution in [3.63, 3.8) is 0 Å². The average molecular weight is 290 g/mol. The molecule has 1 rings (SSSR count). The van der Waals surface area contributed by atoms with Gasteiger partial charge < -0.3 is 10.1 Å². The van der Waals surface area contributed by atoms with Crippen LogP contribution in [0, 0.1) is 5.82 Å². The Hall–Kier alpha value is -0.610. The molecule has 0 aromatic heterocycles. The summed E-state index contributed by atoms with van der Waals surface area (Å²) in [5, 5.41) is 4.23. The molecular formula is C12H17BrFNO. The van der Waals surface area contributed by atoms with Gasteiger partial charge in [0, 0.05) is 23.5 Å². The maximum absolute atomic E-state index is 13.5. The van der Waals surface area contributed by atoms with Gasteiger partial charge >= 0.3 is 0 Å². The van der Waals surface area contributed by atoms with E-state index in [-0.39, 0.29) is 5.82 Å². The molecule has 0 unspecified atom stereocenters. The van der Waals surface area contributed by atoms with Gasteiger partial charge in [0.1, 0.15) is 11.6 Å². The molecule has 1 N–H and O–H groups in total. The van der Waals surface area contributed by atoms with Crippen LogP contribution in [0.2, 0.25) is 0 Å². The van der Waals surface area contributed by atoms with E-state index in [1.54, 1.807) is 12.1 Å². The molecule has 0 radical (unpaired) electrons. The number of hydrogen-bond acceptors (Lipinski definition) is 2. The van der Waals surface area contributed by atoms with Crippen molar-refractivity contribution in [3.05, 3.63) is 29.6 Å². The SMILES string of the molecule is COc1ccc(CNCCCCBr)c(F)c1. The predicted octanol–water partition coefficient (Wildman–Crippen LogP) is 3.10. The van der Waals surface area contributed by atoms with Crippen LogP contribution in [0.25, 0.3) is 0 Å². The number of halogens is 2. The van der Waals surface area contributed by atoms with Gasteiger partial charge in [-0.1, -0.05) is 22.0 Å². The van der Waals surface area contributed by atoms with Crippen LogP contribution in [0.4, 0.5) is 4.39 Å². The van der Waals surface area contributed by atoms with E-state index in [1.165, 1.54) is 13.2 Å². The van der Waals surface area contributed by atoms with Crippen molar-refractivity contribution in [2.45, 2.75) is 19.4 Å². The third-order valence-electron chi connectivity index (χ3n) is 2.31. The van der Waals surface area contributed by atoms with Crippen LogP contribution in [-0.4, -0.2) is 19.0 Å². The molecule has 0 amide bonds. The Bertz CT molecular complexity index is 320. The summed E-state index contributed by atoms with van der Waals surface area (Å²) in [5.74, 6) is 0.341. The standard InChI is InChI=1S/C12H17BrFNO/c1-16-11-5-4-10(12(14)8-11)9-15-7-3-2-6-13/h4-5,8,15H,2-3,6-7,9H2,1H3. The molecule has 0 atom stereocenters. The van der Waals surface area contributed by atoms with E-state index in [4.69, 9.17) is 4.74 Å². The molecule has 16 heavy (non-hydrogen) atoms.